The van der Waals surface area contributed by atoms with Crippen LogP contribution in [0.5, 0.6) is 5.88 Å². The number of nitrogens with two attached hydrogens (primary N) is 1. The lowest BCUT2D eigenvalue weighted by Crippen LogP contribution is -2.32. The largest absolute Gasteiger partial charge is 0.474 e. The predicted molar refractivity (Wildman–Crippen MR) is 83.2 cm³/mol. The molecule has 0 saturated heterocycles. The molecule has 0 radical (unpaired) electrons. The molecule has 1 fully saturated rings. The van der Waals surface area contributed by atoms with Gasteiger partial charge in [-0.05, 0) is 32.6 Å². The van der Waals surface area contributed by atoms with Gasteiger partial charge in [-0.1, -0.05) is 0 Å². The summed E-state index contributed by atoms with van der Waals surface area (Å²) in [7, 11) is 3.67. The second-order valence-electron chi connectivity index (χ2n) is 5.66. The molecule has 0 unspecified atom stereocenters. The number of rotatable bonds is 5. The van der Waals surface area contributed by atoms with Gasteiger partial charge in [0.25, 0.3) is 0 Å². The Hall–Kier alpha value is -1.89. The standard InChI is InChI=1S/C15H24N4O3/c1-4-21-14(20)12-9-17-15(19(2)3)18-13(12)22-11-7-5-10(16)6-8-11/h9-11H,4-8,16H2,1-3H3. The van der Waals surface area contributed by atoms with Crippen molar-refractivity contribution in [3.8, 4) is 5.88 Å². The molecular formula is C15H24N4O3. The zero-order chi connectivity index (χ0) is 16.1. The summed E-state index contributed by atoms with van der Waals surface area (Å²) in [5.41, 5.74) is 6.18. The highest BCUT2D eigenvalue weighted by molar-refractivity contribution is 5.91. The van der Waals surface area contributed by atoms with Crippen LogP contribution < -0.4 is 15.4 Å². The summed E-state index contributed by atoms with van der Waals surface area (Å²) in [6.45, 7) is 2.06. The first kappa shape index (κ1) is 16.5. The van der Waals surface area contributed by atoms with Crippen molar-refractivity contribution in [2.75, 3.05) is 25.6 Å². The van der Waals surface area contributed by atoms with E-state index in [0.29, 0.717) is 12.6 Å². The Morgan fingerprint density at radius 3 is 2.64 bits per heavy atom. The Morgan fingerprint density at radius 2 is 2.05 bits per heavy atom. The Morgan fingerprint density at radius 1 is 1.36 bits per heavy atom. The lowest BCUT2D eigenvalue weighted by Gasteiger charge is -2.27. The average molecular weight is 308 g/mol. The summed E-state index contributed by atoms with van der Waals surface area (Å²) < 4.78 is 11.0. The van der Waals surface area contributed by atoms with E-state index < -0.39 is 5.97 Å². The van der Waals surface area contributed by atoms with E-state index in [1.807, 2.05) is 14.1 Å². The molecule has 2 N–H and O–H groups in total. The molecule has 2 rings (SSSR count). The number of carbonyl (C=O) groups is 1. The van der Waals surface area contributed by atoms with Gasteiger partial charge in [-0.25, -0.2) is 9.78 Å². The summed E-state index contributed by atoms with van der Waals surface area (Å²) >= 11 is 0. The van der Waals surface area contributed by atoms with Crippen molar-refractivity contribution in [3.05, 3.63) is 11.8 Å². The number of carbonyl (C=O) groups excluding carboxylic acids is 1. The molecule has 0 amide bonds. The fourth-order valence-electron chi connectivity index (χ4n) is 2.38. The molecule has 1 aromatic heterocycles. The first-order valence-electron chi connectivity index (χ1n) is 7.65. The third-order valence-electron chi connectivity index (χ3n) is 3.63. The van der Waals surface area contributed by atoms with Crippen molar-refractivity contribution in [1.29, 1.82) is 0 Å². The number of esters is 1. The second-order valence-corrected chi connectivity index (χ2v) is 5.66. The van der Waals surface area contributed by atoms with Gasteiger partial charge in [0, 0.05) is 20.1 Å². The van der Waals surface area contributed by atoms with Gasteiger partial charge >= 0.3 is 5.97 Å². The maximum absolute atomic E-state index is 12.0. The molecular weight excluding hydrogens is 284 g/mol. The van der Waals surface area contributed by atoms with Crippen LogP contribution in [0.4, 0.5) is 5.95 Å². The smallest absolute Gasteiger partial charge is 0.345 e. The van der Waals surface area contributed by atoms with Crippen LogP contribution in [-0.2, 0) is 4.74 Å². The van der Waals surface area contributed by atoms with E-state index in [2.05, 4.69) is 9.97 Å². The highest BCUT2D eigenvalue weighted by Crippen LogP contribution is 2.25. The Labute approximate surface area is 130 Å². The molecule has 7 heteroatoms. The minimum atomic E-state index is -0.463. The third kappa shape index (κ3) is 4.07. The van der Waals surface area contributed by atoms with Crippen LogP contribution >= 0.6 is 0 Å². The first-order chi connectivity index (χ1) is 10.5. The zero-order valence-corrected chi connectivity index (χ0v) is 13.4. The molecule has 1 saturated carbocycles. The number of ether oxygens (including phenoxy) is 2. The van der Waals surface area contributed by atoms with Crippen LogP contribution in [0.3, 0.4) is 0 Å². The van der Waals surface area contributed by atoms with E-state index in [4.69, 9.17) is 15.2 Å². The Bertz CT molecular complexity index is 514. The van der Waals surface area contributed by atoms with Crippen LogP contribution in [0.2, 0.25) is 0 Å². The van der Waals surface area contributed by atoms with Gasteiger partial charge < -0.3 is 20.1 Å². The maximum atomic E-state index is 12.0. The predicted octanol–water partition coefficient (Wildman–Crippen LogP) is 1.37. The topological polar surface area (TPSA) is 90.6 Å². The van der Waals surface area contributed by atoms with Crippen molar-refractivity contribution in [2.45, 2.75) is 44.8 Å². The number of hydrogen-bond donors (Lipinski definition) is 1. The first-order valence-corrected chi connectivity index (χ1v) is 7.65. The van der Waals surface area contributed by atoms with Crippen molar-refractivity contribution in [3.63, 3.8) is 0 Å². The van der Waals surface area contributed by atoms with Gasteiger partial charge in [0.15, 0.2) is 0 Å². The summed E-state index contributed by atoms with van der Waals surface area (Å²) in [5, 5.41) is 0. The molecule has 0 bridgehead atoms. The average Bonchev–Trinajstić information content (AvgIpc) is 2.49. The minimum Gasteiger partial charge on any atom is -0.474 e. The molecule has 122 valence electrons. The molecule has 0 aliphatic heterocycles. The van der Waals surface area contributed by atoms with E-state index in [1.165, 1.54) is 6.20 Å². The van der Waals surface area contributed by atoms with Gasteiger partial charge in [-0.2, -0.15) is 4.98 Å². The molecule has 1 heterocycles. The van der Waals surface area contributed by atoms with E-state index in [0.717, 1.165) is 25.7 Å². The fraction of sp³-hybridized carbons (Fsp3) is 0.667. The lowest BCUT2D eigenvalue weighted by atomic mass is 9.94. The van der Waals surface area contributed by atoms with E-state index in [9.17, 15) is 4.79 Å². The minimum absolute atomic E-state index is 0.0258. The normalized spacial score (nSPS) is 21.3. The van der Waals surface area contributed by atoms with Crippen molar-refractivity contribution in [2.24, 2.45) is 5.73 Å². The van der Waals surface area contributed by atoms with Gasteiger partial charge in [-0.15, -0.1) is 0 Å². The van der Waals surface area contributed by atoms with Crippen LogP contribution in [0.25, 0.3) is 0 Å². The van der Waals surface area contributed by atoms with E-state index in [-0.39, 0.29) is 23.6 Å². The van der Waals surface area contributed by atoms with Crippen molar-refractivity contribution in [1.82, 2.24) is 9.97 Å². The number of hydrogen-bond acceptors (Lipinski definition) is 7. The molecule has 22 heavy (non-hydrogen) atoms. The van der Waals surface area contributed by atoms with Gasteiger partial charge in [0.05, 0.1) is 12.8 Å². The Balaban J connectivity index is 2.21. The van der Waals surface area contributed by atoms with Crippen LogP contribution in [-0.4, -0.2) is 48.8 Å². The number of nitrogens with zero attached hydrogens (tertiary/aromatic N) is 3. The molecule has 0 spiro atoms. The number of anilines is 1. The molecule has 7 nitrogen and oxygen atoms in total. The summed E-state index contributed by atoms with van der Waals surface area (Å²) in [5.74, 6) is 0.323. The van der Waals surface area contributed by atoms with Crippen molar-refractivity contribution < 1.29 is 14.3 Å². The summed E-state index contributed by atoms with van der Waals surface area (Å²) in [4.78, 5) is 22.3. The molecule has 0 aromatic carbocycles. The van der Waals surface area contributed by atoms with Gasteiger partial charge in [0.1, 0.15) is 11.7 Å². The third-order valence-corrected chi connectivity index (χ3v) is 3.63. The summed E-state index contributed by atoms with van der Waals surface area (Å²) in [6.07, 6.45) is 5.06. The SMILES string of the molecule is CCOC(=O)c1cnc(N(C)C)nc1OC1CCC(N)CC1. The van der Waals surface area contributed by atoms with Gasteiger partial charge in [-0.3, -0.25) is 0 Å². The highest BCUT2D eigenvalue weighted by Gasteiger charge is 2.24. The lowest BCUT2D eigenvalue weighted by molar-refractivity contribution is 0.0513. The molecule has 1 aromatic rings. The molecule has 1 aliphatic carbocycles. The zero-order valence-electron chi connectivity index (χ0n) is 13.4. The van der Waals surface area contributed by atoms with Crippen LogP contribution in [0, 0.1) is 0 Å². The maximum Gasteiger partial charge on any atom is 0.345 e. The molecule has 1 aliphatic rings. The van der Waals surface area contributed by atoms with E-state index in [1.54, 1.807) is 11.8 Å². The second kappa shape index (κ2) is 7.40. The number of aromatic nitrogens is 2. The summed E-state index contributed by atoms with van der Waals surface area (Å²) in [6, 6.07) is 0.243. The van der Waals surface area contributed by atoms with Crippen LogP contribution in [0.1, 0.15) is 43.0 Å². The van der Waals surface area contributed by atoms with Crippen molar-refractivity contribution >= 4 is 11.9 Å². The highest BCUT2D eigenvalue weighted by atomic mass is 16.5. The Kier molecular flexibility index (Phi) is 5.54. The van der Waals surface area contributed by atoms with Gasteiger partial charge in [0.2, 0.25) is 11.8 Å². The van der Waals surface area contributed by atoms with E-state index >= 15 is 0 Å². The quantitative estimate of drug-likeness (QED) is 0.821. The monoisotopic (exact) mass is 308 g/mol. The fourth-order valence-corrected chi connectivity index (χ4v) is 2.38. The van der Waals surface area contributed by atoms with Crippen LogP contribution in [0.15, 0.2) is 6.20 Å². The molecule has 0 atom stereocenters.